The Hall–Kier alpha value is -3.40. The van der Waals surface area contributed by atoms with Crippen molar-refractivity contribution in [3.63, 3.8) is 0 Å². The van der Waals surface area contributed by atoms with E-state index in [2.05, 4.69) is 16.0 Å². The summed E-state index contributed by atoms with van der Waals surface area (Å²) in [6.07, 6.45) is 1.14. The van der Waals surface area contributed by atoms with Crippen LogP contribution in [0.1, 0.15) is 29.6 Å². The van der Waals surface area contributed by atoms with Crippen LogP contribution in [-0.2, 0) is 19.6 Å². The number of nitrogens with zero attached hydrogens (tertiary/aromatic N) is 1. The average molecular weight is 442 g/mol. The first-order chi connectivity index (χ1) is 14.8. The molecule has 1 atom stereocenters. The van der Waals surface area contributed by atoms with Crippen molar-refractivity contribution in [3.8, 4) is 0 Å². The summed E-state index contributed by atoms with van der Waals surface area (Å²) >= 11 is 0. The number of fused-ring (bicyclic) bond motifs is 1. The molecule has 4 rings (SSSR count). The first-order valence-corrected chi connectivity index (χ1v) is 11.6. The van der Waals surface area contributed by atoms with Gasteiger partial charge in [0.05, 0.1) is 29.1 Å². The van der Waals surface area contributed by atoms with Crippen LogP contribution >= 0.6 is 0 Å². The molecule has 162 valence electrons. The average Bonchev–Trinajstić information content (AvgIpc) is 2.84. The molecule has 2 heterocycles. The van der Waals surface area contributed by atoms with Crippen LogP contribution in [0.5, 0.6) is 0 Å². The highest BCUT2D eigenvalue weighted by atomic mass is 32.2. The number of para-hydroxylation sites is 1. The molecule has 2 aromatic rings. The van der Waals surface area contributed by atoms with Gasteiger partial charge >= 0.3 is 0 Å². The summed E-state index contributed by atoms with van der Waals surface area (Å²) in [6.45, 7) is 0.397. The van der Waals surface area contributed by atoms with Gasteiger partial charge in [0.25, 0.3) is 5.91 Å². The molecule has 0 bridgehead atoms. The maximum absolute atomic E-state index is 12.6. The van der Waals surface area contributed by atoms with E-state index in [0.717, 1.165) is 6.42 Å². The van der Waals surface area contributed by atoms with Crippen molar-refractivity contribution < 1.29 is 22.8 Å². The molecule has 0 spiro atoms. The van der Waals surface area contributed by atoms with Gasteiger partial charge in [-0.25, -0.2) is 8.42 Å². The first kappa shape index (κ1) is 20.9. The Morgan fingerprint density at radius 3 is 2.71 bits per heavy atom. The topological polar surface area (TPSA) is 125 Å². The minimum absolute atomic E-state index is 0.0997. The van der Waals surface area contributed by atoms with Crippen LogP contribution in [0.4, 0.5) is 17.1 Å². The standard InChI is InChI=1S/C21H22N4O5S/c26-19(13-18-21(28)23-17-9-2-1-8-16(17)20(27)24-18)22-14-6-5-7-15(12-14)25-10-3-4-11-31(25,29)30/h1-2,5-9,12,18H,3-4,10-11,13H2,(H,22,26)(H,23,28)(H,24,27)/t18-/m0/s1. The number of amides is 3. The molecule has 31 heavy (non-hydrogen) atoms. The van der Waals surface area contributed by atoms with Gasteiger partial charge in [-0.15, -0.1) is 0 Å². The molecule has 3 N–H and O–H groups in total. The highest BCUT2D eigenvalue weighted by molar-refractivity contribution is 7.92. The van der Waals surface area contributed by atoms with E-state index in [1.165, 1.54) is 4.31 Å². The first-order valence-electron chi connectivity index (χ1n) is 9.94. The lowest BCUT2D eigenvalue weighted by Gasteiger charge is -2.28. The lowest BCUT2D eigenvalue weighted by atomic mass is 10.1. The predicted octanol–water partition coefficient (Wildman–Crippen LogP) is 1.70. The molecule has 2 aromatic carbocycles. The molecule has 0 unspecified atom stereocenters. The molecule has 2 aliphatic heterocycles. The number of hydrogen-bond donors (Lipinski definition) is 3. The monoisotopic (exact) mass is 442 g/mol. The van der Waals surface area contributed by atoms with Crippen molar-refractivity contribution in [1.82, 2.24) is 5.32 Å². The van der Waals surface area contributed by atoms with Gasteiger partial charge in [-0.05, 0) is 43.2 Å². The van der Waals surface area contributed by atoms with Crippen LogP contribution in [0.2, 0.25) is 0 Å². The number of hydrogen-bond acceptors (Lipinski definition) is 5. The summed E-state index contributed by atoms with van der Waals surface area (Å²) in [4.78, 5) is 37.4. The van der Waals surface area contributed by atoms with Crippen LogP contribution in [0.15, 0.2) is 48.5 Å². The Labute approximate surface area is 179 Å². The van der Waals surface area contributed by atoms with Crippen molar-refractivity contribution in [3.05, 3.63) is 54.1 Å². The molecular formula is C21H22N4O5S. The SMILES string of the molecule is O=C(C[C@@H]1NC(=O)c2ccccc2NC1=O)Nc1cccc(N2CCCCS2(=O)=O)c1. The van der Waals surface area contributed by atoms with Crippen LogP contribution in [0, 0.1) is 0 Å². The molecule has 0 radical (unpaired) electrons. The van der Waals surface area contributed by atoms with Crippen LogP contribution < -0.4 is 20.3 Å². The zero-order valence-electron chi connectivity index (χ0n) is 16.6. The minimum Gasteiger partial charge on any atom is -0.340 e. The molecule has 0 aliphatic carbocycles. The third-order valence-electron chi connectivity index (χ3n) is 5.21. The third kappa shape index (κ3) is 4.53. The fraction of sp³-hybridized carbons (Fsp3) is 0.286. The number of carbonyl (C=O) groups excluding carboxylic acids is 3. The van der Waals surface area contributed by atoms with E-state index in [4.69, 9.17) is 0 Å². The Morgan fingerprint density at radius 2 is 1.90 bits per heavy atom. The molecule has 1 fully saturated rings. The Balaban J connectivity index is 1.45. The highest BCUT2D eigenvalue weighted by Crippen LogP contribution is 2.26. The largest absolute Gasteiger partial charge is 0.340 e. The fourth-order valence-corrected chi connectivity index (χ4v) is 5.30. The summed E-state index contributed by atoms with van der Waals surface area (Å²) in [7, 11) is -3.37. The lowest BCUT2D eigenvalue weighted by molar-refractivity contribution is -0.122. The van der Waals surface area contributed by atoms with Gasteiger partial charge in [0, 0.05) is 12.2 Å². The normalized spacial score (nSPS) is 20.1. The second-order valence-corrected chi connectivity index (χ2v) is 9.47. The predicted molar refractivity (Wildman–Crippen MR) is 116 cm³/mol. The molecule has 0 saturated carbocycles. The Kier molecular flexibility index (Phi) is 5.64. The number of nitrogens with one attached hydrogen (secondary N) is 3. The van der Waals surface area contributed by atoms with Gasteiger partial charge in [-0.3, -0.25) is 18.7 Å². The number of benzene rings is 2. The van der Waals surface area contributed by atoms with E-state index in [1.807, 2.05) is 0 Å². The van der Waals surface area contributed by atoms with Gasteiger partial charge in [0.15, 0.2) is 0 Å². The van der Waals surface area contributed by atoms with E-state index in [1.54, 1.807) is 48.5 Å². The molecule has 2 aliphatic rings. The van der Waals surface area contributed by atoms with Gasteiger partial charge < -0.3 is 16.0 Å². The maximum atomic E-state index is 12.6. The summed E-state index contributed by atoms with van der Waals surface area (Å²) in [5.41, 5.74) is 1.61. The van der Waals surface area contributed by atoms with Crippen LogP contribution in [-0.4, -0.2) is 44.5 Å². The summed E-state index contributed by atoms with van der Waals surface area (Å²) in [5.74, 6) is -1.31. The zero-order valence-corrected chi connectivity index (χ0v) is 17.4. The number of sulfonamides is 1. The number of carbonyl (C=O) groups is 3. The van der Waals surface area contributed by atoms with Gasteiger partial charge in [-0.1, -0.05) is 18.2 Å². The number of rotatable bonds is 4. The van der Waals surface area contributed by atoms with Gasteiger partial charge in [-0.2, -0.15) is 0 Å². The molecule has 9 nitrogen and oxygen atoms in total. The van der Waals surface area contributed by atoms with Crippen LogP contribution in [0.3, 0.4) is 0 Å². The smallest absolute Gasteiger partial charge is 0.254 e. The van der Waals surface area contributed by atoms with E-state index in [-0.39, 0.29) is 12.2 Å². The van der Waals surface area contributed by atoms with Crippen molar-refractivity contribution in [2.45, 2.75) is 25.3 Å². The molecule has 10 heteroatoms. The van der Waals surface area contributed by atoms with E-state index in [0.29, 0.717) is 35.6 Å². The maximum Gasteiger partial charge on any atom is 0.254 e. The molecule has 1 saturated heterocycles. The van der Waals surface area contributed by atoms with E-state index < -0.39 is 33.8 Å². The minimum atomic E-state index is -3.37. The fourth-order valence-electron chi connectivity index (χ4n) is 3.67. The molecular weight excluding hydrogens is 420 g/mol. The molecule has 0 aromatic heterocycles. The van der Waals surface area contributed by atoms with E-state index >= 15 is 0 Å². The third-order valence-corrected chi connectivity index (χ3v) is 7.08. The Morgan fingerprint density at radius 1 is 1.10 bits per heavy atom. The zero-order chi connectivity index (χ0) is 22.0. The van der Waals surface area contributed by atoms with Crippen molar-refractivity contribution in [2.24, 2.45) is 0 Å². The van der Waals surface area contributed by atoms with Crippen molar-refractivity contribution >= 4 is 44.8 Å². The summed E-state index contributed by atoms with van der Waals surface area (Å²) in [6, 6.07) is 12.1. The Bertz CT molecular complexity index is 1150. The van der Waals surface area contributed by atoms with Crippen LogP contribution in [0.25, 0.3) is 0 Å². The van der Waals surface area contributed by atoms with E-state index in [9.17, 15) is 22.8 Å². The lowest BCUT2D eigenvalue weighted by Crippen LogP contribution is -2.43. The summed E-state index contributed by atoms with van der Waals surface area (Å²) in [5, 5.41) is 7.91. The molecule has 3 amide bonds. The van der Waals surface area contributed by atoms with Gasteiger partial charge in [0.2, 0.25) is 21.8 Å². The van der Waals surface area contributed by atoms with Crippen molar-refractivity contribution in [1.29, 1.82) is 0 Å². The second-order valence-electron chi connectivity index (χ2n) is 7.46. The van der Waals surface area contributed by atoms with Gasteiger partial charge in [0.1, 0.15) is 6.04 Å². The quantitative estimate of drug-likeness (QED) is 0.665. The van der Waals surface area contributed by atoms with Crippen molar-refractivity contribution in [2.75, 3.05) is 27.2 Å². The highest BCUT2D eigenvalue weighted by Gasteiger charge is 2.30. The number of anilines is 3. The second kappa shape index (κ2) is 8.38. The summed E-state index contributed by atoms with van der Waals surface area (Å²) < 4.78 is 26.0.